The van der Waals surface area contributed by atoms with E-state index in [0.717, 1.165) is 43.0 Å². The van der Waals surface area contributed by atoms with Crippen LogP contribution in [0.2, 0.25) is 10.0 Å². The van der Waals surface area contributed by atoms with Gasteiger partial charge in [-0.15, -0.1) is 0 Å². The van der Waals surface area contributed by atoms with E-state index in [-0.39, 0.29) is 11.8 Å². The topological polar surface area (TPSA) is 70.2 Å². The molecular formula is C19H23Cl2N5O. The number of carbonyl (C=O) groups is 1. The maximum absolute atomic E-state index is 12.5. The van der Waals surface area contributed by atoms with Crippen molar-refractivity contribution in [2.24, 2.45) is 5.92 Å². The third kappa shape index (κ3) is 5.02. The highest BCUT2D eigenvalue weighted by molar-refractivity contribution is 6.35. The van der Waals surface area contributed by atoms with E-state index in [9.17, 15) is 4.79 Å². The van der Waals surface area contributed by atoms with Gasteiger partial charge in [-0.1, -0.05) is 29.3 Å². The zero-order valence-corrected chi connectivity index (χ0v) is 16.9. The van der Waals surface area contributed by atoms with Gasteiger partial charge in [-0.25, -0.2) is 4.98 Å². The molecule has 1 aromatic heterocycles. The minimum Gasteiger partial charge on any atom is -0.357 e. The Morgan fingerprint density at radius 3 is 2.63 bits per heavy atom. The molecule has 1 saturated heterocycles. The van der Waals surface area contributed by atoms with Crippen molar-refractivity contribution in [1.82, 2.24) is 15.3 Å². The van der Waals surface area contributed by atoms with Crippen LogP contribution in [0.5, 0.6) is 0 Å². The van der Waals surface area contributed by atoms with Gasteiger partial charge in [0.05, 0.1) is 0 Å². The van der Waals surface area contributed by atoms with Crippen LogP contribution < -0.4 is 15.5 Å². The highest BCUT2D eigenvalue weighted by Crippen LogP contribution is 2.24. The van der Waals surface area contributed by atoms with E-state index in [1.54, 1.807) is 12.1 Å². The molecule has 1 aromatic carbocycles. The van der Waals surface area contributed by atoms with Crippen LogP contribution in [-0.4, -0.2) is 36.0 Å². The average Bonchev–Trinajstić information content (AvgIpc) is 2.66. The van der Waals surface area contributed by atoms with Crippen molar-refractivity contribution >= 4 is 40.9 Å². The summed E-state index contributed by atoms with van der Waals surface area (Å²) < 4.78 is 0. The molecule has 1 amide bonds. The quantitative estimate of drug-likeness (QED) is 0.790. The van der Waals surface area contributed by atoms with Crippen LogP contribution in [-0.2, 0) is 11.3 Å². The maximum Gasteiger partial charge on any atom is 0.224 e. The van der Waals surface area contributed by atoms with Crippen molar-refractivity contribution in [3.05, 3.63) is 45.6 Å². The van der Waals surface area contributed by atoms with Crippen LogP contribution >= 0.6 is 23.2 Å². The van der Waals surface area contributed by atoms with Crippen LogP contribution in [0, 0.1) is 12.8 Å². The summed E-state index contributed by atoms with van der Waals surface area (Å²) in [5.74, 6) is 1.58. The molecule has 0 spiro atoms. The smallest absolute Gasteiger partial charge is 0.224 e. The van der Waals surface area contributed by atoms with Crippen molar-refractivity contribution in [2.45, 2.75) is 26.3 Å². The lowest BCUT2D eigenvalue weighted by Crippen LogP contribution is -2.40. The van der Waals surface area contributed by atoms with Crippen molar-refractivity contribution in [3.63, 3.8) is 0 Å². The first-order valence-electron chi connectivity index (χ1n) is 8.96. The molecule has 2 heterocycles. The largest absolute Gasteiger partial charge is 0.357 e. The molecule has 1 aliphatic heterocycles. The van der Waals surface area contributed by atoms with Crippen LogP contribution in [0.3, 0.4) is 0 Å². The van der Waals surface area contributed by atoms with Gasteiger partial charge in [0.25, 0.3) is 0 Å². The van der Waals surface area contributed by atoms with Crippen molar-refractivity contribution in [3.8, 4) is 0 Å². The molecule has 0 aliphatic carbocycles. The molecule has 2 aromatic rings. The Hall–Kier alpha value is -2.05. The number of carbonyl (C=O) groups excluding carboxylic acids is 1. The Bertz CT molecular complexity index is 822. The van der Waals surface area contributed by atoms with E-state index >= 15 is 0 Å². The Balaban J connectivity index is 1.54. The monoisotopic (exact) mass is 407 g/mol. The van der Waals surface area contributed by atoms with Crippen molar-refractivity contribution in [2.75, 3.05) is 30.4 Å². The summed E-state index contributed by atoms with van der Waals surface area (Å²) in [5.41, 5.74) is 1.78. The molecule has 6 nitrogen and oxygen atoms in total. The fourth-order valence-corrected chi connectivity index (χ4v) is 3.66. The first kappa shape index (κ1) is 19.7. The molecule has 144 valence electrons. The fraction of sp³-hybridized carbons (Fsp3) is 0.421. The number of aryl methyl sites for hydroxylation is 1. The van der Waals surface area contributed by atoms with E-state index in [4.69, 9.17) is 23.2 Å². The van der Waals surface area contributed by atoms with E-state index < -0.39 is 0 Å². The number of hydrogen-bond donors (Lipinski definition) is 2. The number of hydrogen-bond acceptors (Lipinski definition) is 5. The summed E-state index contributed by atoms with van der Waals surface area (Å²) in [4.78, 5) is 23.6. The van der Waals surface area contributed by atoms with Gasteiger partial charge < -0.3 is 15.5 Å². The van der Waals surface area contributed by atoms with Gasteiger partial charge in [0, 0.05) is 54.4 Å². The molecular weight excluding hydrogens is 385 g/mol. The Morgan fingerprint density at radius 1 is 1.22 bits per heavy atom. The van der Waals surface area contributed by atoms with Gasteiger partial charge in [0.15, 0.2) is 0 Å². The standard InChI is InChI=1S/C19H23Cl2N5O/c1-12-9-17(25-19(22-2)24-12)26-7-5-13(6-8-26)18(27)23-11-14-3-4-15(20)10-16(14)21/h3-4,9-10,13H,5-8,11H2,1-2H3,(H,23,27)(H,22,24,25). The molecule has 0 atom stereocenters. The number of nitrogens with zero attached hydrogens (tertiary/aromatic N) is 3. The van der Waals surface area contributed by atoms with Gasteiger partial charge in [-0.2, -0.15) is 4.98 Å². The maximum atomic E-state index is 12.5. The Labute approximate surface area is 169 Å². The summed E-state index contributed by atoms with van der Waals surface area (Å²) in [5, 5.41) is 7.13. The Kier molecular flexibility index (Phi) is 6.39. The molecule has 2 N–H and O–H groups in total. The summed E-state index contributed by atoms with van der Waals surface area (Å²) in [7, 11) is 1.81. The lowest BCUT2D eigenvalue weighted by molar-refractivity contribution is -0.125. The normalized spacial score (nSPS) is 14.9. The van der Waals surface area contributed by atoms with Gasteiger partial charge in [0.1, 0.15) is 5.82 Å². The number of anilines is 2. The molecule has 0 unspecified atom stereocenters. The molecule has 1 fully saturated rings. The van der Waals surface area contributed by atoms with Crippen LogP contribution in [0.4, 0.5) is 11.8 Å². The second-order valence-corrected chi connectivity index (χ2v) is 7.50. The highest BCUT2D eigenvalue weighted by atomic mass is 35.5. The highest BCUT2D eigenvalue weighted by Gasteiger charge is 2.26. The van der Waals surface area contributed by atoms with E-state index in [1.807, 2.05) is 26.1 Å². The predicted molar refractivity (Wildman–Crippen MR) is 110 cm³/mol. The molecule has 0 saturated carbocycles. The molecule has 0 radical (unpaired) electrons. The summed E-state index contributed by atoms with van der Waals surface area (Å²) in [6.07, 6.45) is 1.58. The molecule has 1 aliphatic rings. The number of halogens is 2. The van der Waals surface area contributed by atoms with E-state index in [2.05, 4.69) is 25.5 Å². The summed E-state index contributed by atoms with van der Waals surface area (Å²) in [6.45, 7) is 3.94. The zero-order valence-electron chi connectivity index (χ0n) is 15.4. The molecule has 0 bridgehead atoms. The summed E-state index contributed by atoms with van der Waals surface area (Å²) >= 11 is 12.1. The minimum atomic E-state index is -0.000898. The first-order valence-corrected chi connectivity index (χ1v) is 9.72. The Morgan fingerprint density at radius 2 is 1.96 bits per heavy atom. The van der Waals surface area contributed by atoms with Crippen LogP contribution in [0.25, 0.3) is 0 Å². The number of piperidine rings is 1. The second-order valence-electron chi connectivity index (χ2n) is 6.66. The second kappa shape index (κ2) is 8.76. The third-order valence-electron chi connectivity index (χ3n) is 4.72. The van der Waals surface area contributed by atoms with Gasteiger partial charge in [0.2, 0.25) is 11.9 Å². The summed E-state index contributed by atoms with van der Waals surface area (Å²) in [6, 6.07) is 7.27. The SMILES string of the molecule is CNc1nc(C)cc(N2CCC(C(=O)NCc3ccc(Cl)cc3Cl)CC2)n1. The number of nitrogens with one attached hydrogen (secondary N) is 2. The number of amides is 1. The van der Waals surface area contributed by atoms with Gasteiger partial charge >= 0.3 is 0 Å². The van der Waals surface area contributed by atoms with Gasteiger partial charge in [-0.05, 0) is 37.5 Å². The first-order chi connectivity index (χ1) is 13.0. The molecule has 27 heavy (non-hydrogen) atoms. The van der Waals surface area contributed by atoms with E-state index in [0.29, 0.717) is 22.5 Å². The van der Waals surface area contributed by atoms with Gasteiger partial charge in [-0.3, -0.25) is 4.79 Å². The third-order valence-corrected chi connectivity index (χ3v) is 5.31. The van der Waals surface area contributed by atoms with Crippen molar-refractivity contribution < 1.29 is 4.79 Å². The number of benzene rings is 1. The zero-order chi connectivity index (χ0) is 19.4. The molecule has 3 rings (SSSR count). The lowest BCUT2D eigenvalue weighted by Gasteiger charge is -2.32. The number of aromatic nitrogens is 2. The predicted octanol–water partition coefficient (Wildman–Crippen LogP) is 3.67. The molecule has 8 heteroatoms. The lowest BCUT2D eigenvalue weighted by atomic mass is 9.96. The van der Waals surface area contributed by atoms with E-state index in [1.165, 1.54) is 0 Å². The van der Waals surface area contributed by atoms with Crippen molar-refractivity contribution in [1.29, 1.82) is 0 Å². The average molecular weight is 408 g/mol. The van der Waals surface area contributed by atoms with Crippen LogP contribution in [0.1, 0.15) is 24.1 Å². The van der Waals surface area contributed by atoms with Crippen LogP contribution in [0.15, 0.2) is 24.3 Å². The number of rotatable bonds is 5. The minimum absolute atomic E-state index is 0.000898. The fourth-order valence-electron chi connectivity index (χ4n) is 3.19.